The lowest BCUT2D eigenvalue weighted by atomic mass is 10.3. The van der Waals surface area contributed by atoms with Crippen molar-refractivity contribution in [2.45, 2.75) is 6.61 Å². The summed E-state index contributed by atoms with van der Waals surface area (Å²) in [6.07, 6.45) is 3.33. The van der Waals surface area contributed by atoms with Gasteiger partial charge in [-0.15, -0.1) is 13.2 Å². The van der Waals surface area contributed by atoms with E-state index < -0.39 is 0 Å². The van der Waals surface area contributed by atoms with Crippen LogP contribution in [0.3, 0.4) is 0 Å². The summed E-state index contributed by atoms with van der Waals surface area (Å²) in [6.45, 7) is 8.51. The maximum absolute atomic E-state index is 12.0. The van der Waals surface area contributed by atoms with Crippen molar-refractivity contribution in [1.29, 1.82) is 0 Å². The number of furan rings is 1. The fraction of sp³-hybridized carbons (Fsp3) is 0.308. The molecule has 0 aromatic carbocycles. The van der Waals surface area contributed by atoms with Gasteiger partial charge >= 0.3 is 0 Å². The van der Waals surface area contributed by atoms with Gasteiger partial charge < -0.3 is 14.1 Å². The van der Waals surface area contributed by atoms with E-state index in [0.29, 0.717) is 31.2 Å². The summed E-state index contributed by atoms with van der Waals surface area (Å²) in [7, 11) is 1.58. The average Bonchev–Trinajstić information content (AvgIpc) is 2.77. The van der Waals surface area contributed by atoms with E-state index in [1.807, 2.05) is 0 Å². The van der Waals surface area contributed by atoms with Gasteiger partial charge in [0, 0.05) is 20.2 Å². The molecule has 0 atom stereocenters. The fourth-order valence-electron chi connectivity index (χ4n) is 1.42. The predicted octanol–water partition coefficient (Wildman–Crippen LogP) is 2.24. The molecule has 0 aliphatic carbocycles. The maximum Gasteiger partial charge on any atom is 0.290 e. The molecule has 0 bridgehead atoms. The van der Waals surface area contributed by atoms with Crippen molar-refractivity contribution in [3.8, 4) is 0 Å². The molecule has 4 heteroatoms. The van der Waals surface area contributed by atoms with Crippen LogP contribution in [0.5, 0.6) is 0 Å². The first-order chi connectivity index (χ1) is 8.22. The van der Waals surface area contributed by atoms with Crippen LogP contribution < -0.4 is 0 Å². The second-order valence-corrected chi connectivity index (χ2v) is 3.49. The van der Waals surface area contributed by atoms with E-state index in [1.165, 1.54) is 0 Å². The van der Waals surface area contributed by atoms with Crippen LogP contribution in [0.25, 0.3) is 0 Å². The van der Waals surface area contributed by atoms with Crippen LogP contribution in [-0.4, -0.2) is 31.0 Å². The number of methoxy groups -OCH3 is 1. The lowest BCUT2D eigenvalue weighted by molar-refractivity contribution is 0.0751. The van der Waals surface area contributed by atoms with Crippen LogP contribution in [0.2, 0.25) is 0 Å². The summed E-state index contributed by atoms with van der Waals surface area (Å²) >= 11 is 0. The first-order valence-corrected chi connectivity index (χ1v) is 5.31. The molecule has 1 amide bonds. The number of carbonyl (C=O) groups excluding carboxylic acids is 1. The van der Waals surface area contributed by atoms with E-state index in [9.17, 15) is 4.79 Å². The van der Waals surface area contributed by atoms with E-state index >= 15 is 0 Å². The molecule has 0 spiro atoms. The fourth-order valence-corrected chi connectivity index (χ4v) is 1.42. The van der Waals surface area contributed by atoms with Crippen LogP contribution in [0.1, 0.15) is 16.3 Å². The van der Waals surface area contributed by atoms with Crippen LogP contribution in [0.15, 0.2) is 41.9 Å². The Bertz CT molecular complexity index is 385. The summed E-state index contributed by atoms with van der Waals surface area (Å²) < 4.78 is 10.3. The second-order valence-electron chi connectivity index (χ2n) is 3.49. The van der Waals surface area contributed by atoms with Gasteiger partial charge in [-0.1, -0.05) is 12.2 Å². The van der Waals surface area contributed by atoms with Crippen molar-refractivity contribution >= 4 is 5.91 Å². The van der Waals surface area contributed by atoms with Gasteiger partial charge in [-0.2, -0.15) is 0 Å². The van der Waals surface area contributed by atoms with E-state index in [4.69, 9.17) is 9.15 Å². The van der Waals surface area contributed by atoms with Gasteiger partial charge in [-0.25, -0.2) is 0 Å². The third kappa shape index (κ3) is 3.60. The molecule has 1 heterocycles. The molecule has 0 unspecified atom stereocenters. The molecule has 1 rings (SSSR count). The molecule has 92 valence electrons. The zero-order chi connectivity index (χ0) is 12.7. The molecule has 4 nitrogen and oxygen atoms in total. The Kier molecular flexibility index (Phi) is 5.23. The van der Waals surface area contributed by atoms with Crippen LogP contribution in [-0.2, 0) is 11.3 Å². The number of carbonyl (C=O) groups is 1. The van der Waals surface area contributed by atoms with Crippen molar-refractivity contribution in [2.24, 2.45) is 0 Å². The Morgan fingerprint density at radius 3 is 2.59 bits per heavy atom. The van der Waals surface area contributed by atoms with Gasteiger partial charge in [0.25, 0.3) is 5.91 Å². The van der Waals surface area contributed by atoms with Crippen LogP contribution in [0.4, 0.5) is 0 Å². The topological polar surface area (TPSA) is 42.7 Å². The molecule has 0 fully saturated rings. The third-order valence-corrected chi connectivity index (χ3v) is 2.15. The maximum atomic E-state index is 12.0. The zero-order valence-electron chi connectivity index (χ0n) is 10.0. The van der Waals surface area contributed by atoms with Crippen molar-refractivity contribution < 1.29 is 13.9 Å². The monoisotopic (exact) mass is 235 g/mol. The SMILES string of the molecule is C=CCN(CC=C)C(=O)c1ccc(COC)o1. The molecule has 1 aromatic rings. The minimum Gasteiger partial charge on any atom is -0.453 e. The Labute approximate surface area is 101 Å². The number of ether oxygens (including phenoxy) is 1. The number of nitrogens with zero attached hydrogens (tertiary/aromatic N) is 1. The van der Waals surface area contributed by atoms with Crippen LogP contribution in [0, 0.1) is 0 Å². The predicted molar refractivity (Wildman–Crippen MR) is 65.7 cm³/mol. The molecule has 0 radical (unpaired) electrons. The zero-order valence-corrected chi connectivity index (χ0v) is 10.0. The Balaban J connectivity index is 2.77. The average molecular weight is 235 g/mol. The summed E-state index contributed by atoms with van der Waals surface area (Å²) in [6, 6.07) is 3.38. The number of rotatable bonds is 7. The van der Waals surface area contributed by atoms with Gasteiger partial charge in [-0.3, -0.25) is 4.79 Å². The quantitative estimate of drug-likeness (QED) is 0.681. The Morgan fingerprint density at radius 2 is 2.06 bits per heavy atom. The summed E-state index contributed by atoms with van der Waals surface area (Å²) in [5, 5.41) is 0. The van der Waals surface area contributed by atoms with Gasteiger partial charge in [-0.05, 0) is 12.1 Å². The molecule has 0 aliphatic rings. The van der Waals surface area contributed by atoms with Gasteiger partial charge in [0.2, 0.25) is 0 Å². The molecule has 1 aromatic heterocycles. The third-order valence-electron chi connectivity index (χ3n) is 2.15. The molecule has 0 aliphatic heterocycles. The molecule has 0 saturated heterocycles. The van der Waals surface area contributed by atoms with Crippen molar-refractivity contribution in [2.75, 3.05) is 20.2 Å². The smallest absolute Gasteiger partial charge is 0.290 e. The molecular weight excluding hydrogens is 218 g/mol. The Hall–Kier alpha value is -1.81. The largest absolute Gasteiger partial charge is 0.453 e. The minimum atomic E-state index is -0.174. The second kappa shape index (κ2) is 6.70. The lowest BCUT2D eigenvalue weighted by Crippen LogP contribution is -2.30. The van der Waals surface area contributed by atoms with Crippen molar-refractivity contribution in [3.63, 3.8) is 0 Å². The summed E-state index contributed by atoms with van der Waals surface area (Å²) in [5.41, 5.74) is 0. The van der Waals surface area contributed by atoms with E-state index in [0.717, 1.165) is 0 Å². The van der Waals surface area contributed by atoms with E-state index in [2.05, 4.69) is 13.2 Å². The van der Waals surface area contributed by atoms with Gasteiger partial charge in [0.15, 0.2) is 5.76 Å². The van der Waals surface area contributed by atoms with Gasteiger partial charge in [0.05, 0.1) is 0 Å². The van der Waals surface area contributed by atoms with E-state index in [1.54, 1.807) is 36.3 Å². The highest BCUT2D eigenvalue weighted by atomic mass is 16.5. The number of hydrogen-bond donors (Lipinski definition) is 0. The minimum absolute atomic E-state index is 0.174. The van der Waals surface area contributed by atoms with Crippen molar-refractivity contribution in [1.82, 2.24) is 4.90 Å². The number of amides is 1. The van der Waals surface area contributed by atoms with Gasteiger partial charge in [0.1, 0.15) is 12.4 Å². The number of hydrogen-bond acceptors (Lipinski definition) is 3. The lowest BCUT2D eigenvalue weighted by Gasteiger charge is -2.17. The first kappa shape index (κ1) is 13.3. The molecule has 0 saturated carbocycles. The normalized spacial score (nSPS) is 9.94. The summed E-state index contributed by atoms with van der Waals surface area (Å²) in [5.74, 6) is 0.765. The highest BCUT2D eigenvalue weighted by Gasteiger charge is 2.17. The Morgan fingerprint density at radius 1 is 1.41 bits per heavy atom. The standard InChI is InChI=1S/C13H17NO3/c1-4-8-14(9-5-2)13(15)12-7-6-11(17-12)10-16-3/h4-7H,1-2,8-10H2,3H3. The van der Waals surface area contributed by atoms with Crippen molar-refractivity contribution in [3.05, 3.63) is 49.0 Å². The molecule has 0 N–H and O–H groups in total. The van der Waals surface area contributed by atoms with E-state index in [-0.39, 0.29) is 5.91 Å². The van der Waals surface area contributed by atoms with Crippen LogP contribution >= 0.6 is 0 Å². The summed E-state index contributed by atoms with van der Waals surface area (Å²) in [4.78, 5) is 13.6. The molecular formula is C13H17NO3. The highest BCUT2D eigenvalue weighted by Crippen LogP contribution is 2.11. The highest BCUT2D eigenvalue weighted by molar-refractivity contribution is 5.91. The first-order valence-electron chi connectivity index (χ1n) is 5.31. The molecule has 17 heavy (non-hydrogen) atoms.